The van der Waals surface area contributed by atoms with Crippen LogP contribution in [0.5, 0.6) is 0 Å². The molecule has 0 bridgehead atoms. The van der Waals surface area contributed by atoms with Crippen molar-refractivity contribution in [1.82, 2.24) is 24.8 Å². The summed E-state index contributed by atoms with van der Waals surface area (Å²) < 4.78 is 2.13. The van der Waals surface area contributed by atoms with Crippen LogP contribution in [-0.4, -0.2) is 32.0 Å². The molecule has 5 aromatic rings. The van der Waals surface area contributed by atoms with Gasteiger partial charge in [-0.3, -0.25) is 4.79 Å². The number of nitrogens with one attached hydrogen (secondary N) is 2. The van der Waals surface area contributed by atoms with Gasteiger partial charge in [-0.25, -0.2) is 9.97 Å². The molecule has 0 aliphatic carbocycles. The van der Waals surface area contributed by atoms with Crippen LogP contribution < -0.4 is 5.32 Å². The average molecular weight is 424 g/mol. The highest BCUT2D eigenvalue weighted by Crippen LogP contribution is 2.18. The number of aromatic nitrogens is 4. The average Bonchev–Trinajstić information content (AvgIpc) is 3.40. The molecule has 0 fully saturated rings. The molecule has 1 amide bonds. The van der Waals surface area contributed by atoms with Crippen LogP contribution in [0.4, 0.5) is 0 Å². The highest BCUT2D eigenvalue weighted by Gasteiger charge is 2.13. The van der Waals surface area contributed by atoms with Gasteiger partial charge in [0.25, 0.3) is 0 Å². The Morgan fingerprint density at radius 1 is 0.969 bits per heavy atom. The van der Waals surface area contributed by atoms with Gasteiger partial charge < -0.3 is 14.9 Å². The van der Waals surface area contributed by atoms with E-state index in [4.69, 9.17) is 4.98 Å². The molecular weight excluding hydrogens is 398 g/mol. The maximum Gasteiger partial charge on any atom is 0.224 e. The number of hydrogen-bond acceptors (Lipinski definition) is 3. The van der Waals surface area contributed by atoms with Crippen molar-refractivity contribution in [2.45, 2.75) is 25.8 Å². The first-order chi connectivity index (χ1) is 15.8. The number of benzene rings is 2. The molecule has 0 atom stereocenters. The number of para-hydroxylation sites is 1. The lowest BCUT2D eigenvalue weighted by Gasteiger charge is -2.10. The van der Waals surface area contributed by atoms with Gasteiger partial charge >= 0.3 is 0 Å². The van der Waals surface area contributed by atoms with Crippen molar-refractivity contribution in [1.29, 1.82) is 0 Å². The second kappa shape index (κ2) is 9.06. The van der Waals surface area contributed by atoms with E-state index in [9.17, 15) is 4.79 Å². The number of carbonyl (C=O) groups is 1. The molecule has 5 rings (SSSR count). The lowest BCUT2D eigenvalue weighted by Crippen LogP contribution is -2.29. The van der Waals surface area contributed by atoms with Crippen LogP contribution in [-0.2, 0) is 30.6 Å². The highest BCUT2D eigenvalue weighted by molar-refractivity contribution is 5.88. The number of H-pyrrole nitrogens is 1. The van der Waals surface area contributed by atoms with E-state index in [1.807, 2.05) is 48.7 Å². The fourth-order valence-corrected chi connectivity index (χ4v) is 4.15. The van der Waals surface area contributed by atoms with E-state index in [1.54, 1.807) is 6.20 Å². The number of aryl methyl sites for hydroxylation is 2. The molecule has 6 nitrogen and oxygen atoms in total. The normalized spacial score (nSPS) is 11.2. The smallest absolute Gasteiger partial charge is 0.224 e. The Morgan fingerprint density at radius 3 is 2.72 bits per heavy atom. The van der Waals surface area contributed by atoms with Gasteiger partial charge in [0.2, 0.25) is 5.91 Å². The molecule has 0 radical (unpaired) electrons. The minimum absolute atomic E-state index is 0.0120. The van der Waals surface area contributed by atoms with Crippen LogP contribution in [0.25, 0.3) is 22.1 Å². The molecule has 3 heterocycles. The zero-order valence-corrected chi connectivity index (χ0v) is 17.8. The van der Waals surface area contributed by atoms with Gasteiger partial charge in [0, 0.05) is 42.8 Å². The third-order valence-corrected chi connectivity index (χ3v) is 5.75. The topological polar surface area (TPSA) is 75.6 Å². The van der Waals surface area contributed by atoms with E-state index >= 15 is 0 Å². The van der Waals surface area contributed by atoms with E-state index in [1.165, 1.54) is 5.56 Å². The van der Waals surface area contributed by atoms with E-state index in [0.717, 1.165) is 46.3 Å². The number of hydrogen-bond donors (Lipinski definition) is 2. The number of imidazole rings is 1. The Morgan fingerprint density at radius 2 is 1.81 bits per heavy atom. The summed E-state index contributed by atoms with van der Waals surface area (Å²) in [6, 6.07) is 22.3. The number of pyridine rings is 1. The second-order valence-electron chi connectivity index (χ2n) is 7.90. The van der Waals surface area contributed by atoms with E-state index in [-0.39, 0.29) is 5.91 Å². The molecule has 0 unspecified atom stereocenters. The number of amides is 1. The first-order valence-corrected chi connectivity index (χ1v) is 10.9. The standard InChI is InChI=1S/C26H25N5O/c32-25(17-20-18-29-22-10-5-4-9-21(20)22)27-15-16-31-24(13-12-19-7-2-1-3-8-19)30-23-11-6-14-28-26(23)31/h1-11,14,18,29H,12-13,15-17H2,(H,27,32). The summed E-state index contributed by atoms with van der Waals surface area (Å²) in [6.45, 7) is 1.17. The Kier molecular flexibility index (Phi) is 5.66. The molecule has 3 aromatic heterocycles. The van der Waals surface area contributed by atoms with E-state index in [0.29, 0.717) is 19.5 Å². The number of rotatable bonds is 8. The first-order valence-electron chi connectivity index (χ1n) is 10.9. The van der Waals surface area contributed by atoms with Crippen LogP contribution in [0, 0.1) is 0 Å². The first kappa shape index (κ1) is 20.0. The Bertz CT molecular complexity index is 1350. The fourth-order valence-electron chi connectivity index (χ4n) is 4.15. The Labute approximate surface area is 186 Å². The van der Waals surface area contributed by atoms with E-state index in [2.05, 4.69) is 44.1 Å². The van der Waals surface area contributed by atoms with Crippen molar-refractivity contribution in [3.8, 4) is 0 Å². The van der Waals surface area contributed by atoms with Crippen LogP contribution >= 0.6 is 0 Å². The number of fused-ring (bicyclic) bond motifs is 2. The summed E-state index contributed by atoms with van der Waals surface area (Å²) in [5.74, 6) is 1.01. The lowest BCUT2D eigenvalue weighted by atomic mass is 10.1. The van der Waals surface area contributed by atoms with Crippen molar-refractivity contribution < 1.29 is 4.79 Å². The molecule has 0 spiro atoms. The summed E-state index contributed by atoms with van der Waals surface area (Å²) in [7, 11) is 0. The molecular formula is C26H25N5O. The highest BCUT2D eigenvalue weighted by atomic mass is 16.1. The van der Waals surface area contributed by atoms with E-state index < -0.39 is 0 Å². The van der Waals surface area contributed by atoms with Gasteiger partial charge in [-0.2, -0.15) is 0 Å². The number of carbonyl (C=O) groups excluding carboxylic acids is 1. The summed E-state index contributed by atoms with van der Waals surface area (Å²) >= 11 is 0. The van der Waals surface area contributed by atoms with Crippen molar-refractivity contribution >= 4 is 28.0 Å². The molecule has 160 valence electrons. The molecule has 2 N–H and O–H groups in total. The number of aromatic amines is 1. The SMILES string of the molecule is O=C(Cc1c[nH]c2ccccc12)NCCn1c(CCc2ccccc2)nc2cccnc21. The maximum atomic E-state index is 12.6. The van der Waals surface area contributed by atoms with Gasteiger partial charge in [0.15, 0.2) is 5.65 Å². The van der Waals surface area contributed by atoms with Crippen LogP contribution in [0.2, 0.25) is 0 Å². The van der Waals surface area contributed by atoms with Gasteiger partial charge in [-0.1, -0.05) is 48.5 Å². The van der Waals surface area contributed by atoms with Gasteiger partial charge in [-0.05, 0) is 35.7 Å². The maximum absolute atomic E-state index is 12.6. The molecule has 32 heavy (non-hydrogen) atoms. The van der Waals surface area contributed by atoms with Crippen LogP contribution in [0.15, 0.2) is 79.1 Å². The van der Waals surface area contributed by atoms with Gasteiger partial charge in [0.05, 0.1) is 6.42 Å². The third-order valence-electron chi connectivity index (χ3n) is 5.75. The molecule has 2 aromatic carbocycles. The summed E-state index contributed by atoms with van der Waals surface area (Å²) in [4.78, 5) is 25.1. The Balaban J connectivity index is 1.25. The van der Waals surface area contributed by atoms with Crippen molar-refractivity contribution in [3.63, 3.8) is 0 Å². The predicted molar refractivity (Wildman–Crippen MR) is 126 cm³/mol. The third kappa shape index (κ3) is 4.25. The van der Waals surface area contributed by atoms with Crippen molar-refractivity contribution in [3.05, 3.63) is 96.1 Å². The zero-order valence-electron chi connectivity index (χ0n) is 17.8. The summed E-state index contributed by atoms with van der Waals surface area (Å²) in [5, 5.41) is 4.15. The second-order valence-corrected chi connectivity index (χ2v) is 7.90. The van der Waals surface area contributed by atoms with Crippen LogP contribution in [0.1, 0.15) is 17.0 Å². The molecule has 0 saturated heterocycles. The molecule has 0 saturated carbocycles. The monoisotopic (exact) mass is 423 g/mol. The molecule has 6 heteroatoms. The quantitative estimate of drug-likeness (QED) is 0.395. The van der Waals surface area contributed by atoms with Gasteiger partial charge in [-0.15, -0.1) is 0 Å². The van der Waals surface area contributed by atoms with Crippen LogP contribution in [0.3, 0.4) is 0 Å². The summed E-state index contributed by atoms with van der Waals surface area (Å²) in [6.07, 6.45) is 5.80. The summed E-state index contributed by atoms with van der Waals surface area (Å²) in [5.41, 5.74) is 5.10. The lowest BCUT2D eigenvalue weighted by molar-refractivity contribution is -0.120. The minimum Gasteiger partial charge on any atom is -0.361 e. The number of nitrogens with zero attached hydrogens (tertiary/aromatic N) is 3. The van der Waals surface area contributed by atoms with Crippen molar-refractivity contribution in [2.75, 3.05) is 6.54 Å². The Hall–Kier alpha value is -3.93. The van der Waals surface area contributed by atoms with Crippen molar-refractivity contribution in [2.24, 2.45) is 0 Å². The minimum atomic E-state index is 0.0120. The molecule has 0 aliphatic heterocycles. The zero-order chi connectivity index (χ0) is 21.8. The predicted octanol–water partition coefficient (Wildman–Crippen LogP) is 4.06. The fraction of sp³-hybridized carbons (Fsp3) is 0.192. The van der Waals surface area contributed by atoms with Gasteiger partial charge in [0.1, 0.15) is 11.3 Å². The molecule has 0 aliphatic rings. The largest absolute Gasteiger partial charge is 0.361 e.